The lowest BCUT2D eigenvalue weighted by Gasteiger charge is -2.33. The molecule has 0 amide bonds. The molecule has 1 aromatic carbocycles. The van der Waals surface area contributed by atoms with Gasteiger partial charge in [-0.2, -0.15) is 0 Å². The second-order valence-electron chi connectivity index (χ2n) is 6.18. The number of nitrogens with one attached hydrogen (secondary N) is 1. The Hall–Kier alpha value is -1.02. The summed E-state index contributed by atoms with van der Waals surface area (Å²) in [4.78, 5) is 0. The number of benzene rings is 1. The van der Waals surface area contributed by atoms with Crippen LogP contribution in [0.3, 0.4) is 0 Å². The van der Waals surface area contributed by atoms with Gasteiger partial charge >= 0.3 is 0 Å². The normalized spacial score (nSPS) is 26.7. The van der Waals surface area contributed by atoms with Gasteiger partial charge in [0.25, 0.3) is 0 Å². The quantitative estimate of drug-likeness (QED) is 0.855. The van der Waals surface area contributed by atoms with Crippen LogP contribution in [0.15, 0.2) is 24.3 Å². The Morgan fingerprint density at radius 3 is 2.61 bits per heavy atom. The molecule has 1 aliphatic carbocycles. The van der Waals surface area contributed by atoms with Crippen LogP contribution in [0.1, 0.15) is 57.6 Å². The molecule has 1 aromatic rings. The van der Waals surface area contributed by atoms with Crippen LogP contribution in [0.5, 0.6) is 5.75 Å². The van der Waals surface area contributed by atoms with Crippen LogP contribution in [-0.4, -0.2) is 11.6 Å². The van der Waals surface area contributed by atoms with E-state index in [0.29, 0.717) is 12.1 Å². The molecular formula is C16H23NO. The second kappa shape index (κ2) is 4.58. The third-order valence-electron chi connectivity index (χ3n) is 4.31. The zero-order valence-electron chi connectivity index (χ0n) is 11.4. The summed E-state index contributed by atoms with van der Waals surface area (Å²) in [5.74, 6) is 1.05. The van der Waals surface area contributed by atoms with Crippen LogP contribution in [0.4, 0.5) is 0 Å². The molecule has 18 heavy (non-hydrogen) atoms. The fourth-order valence-corrected chi connectivity index (χ4v) is 3.32. The van der Waals surface area contributed by atoms with Crippen molar-refractivity contribution in [3.05, 3.63) is 29.8 Å². The maximum atomic E-state index is 6.09. The van der Waals surface area contributed by atoms with E-state index in [1.54, 1.807) is 0 Å². The van der Waals surface area contributed by atoms with E-state index in [0.717, 1.165) is 5.75 Å². The average Bonchev–Trinajstić information content (AvgIpc) is 2.62. The summed E-state index contributed by atoms with van der Waals surface area (Å²) >= 11 is 0. The third kappa shape index (κ3) is 2.14. The van der Waals surface area contributed by atoms with Gasteiger partial charge < -0.3 is 10.1 Å². The van der Waals surface area contributed by atoms with Crippen molar-refractivity contribution >= 4 is 0 Å². The van der Waals surface area contributed by atoms with E-state index in [2.05, 4.69) is 43.4 Å². The minimum Gasteiger partial charge on any atom is -0.486 e. The molecule has 2 nitrogen and oxygen atoms in total. The highest BCUT2D eigenvalue weighted by molar-refractivity contribution is 5.42. The molecule has 2 aliphatic rings. The molecule has 1 aliphatic heterocycles. The lowest BCUT2D eigenvalue weighted by atomic mass is 9.90. The van der Waals surface area contributed by atoms with Gasteiger partial charge in [-0.15, -0.1) is 0 Å². The zero-order chi connectivity index (χ0) is 12.6. The van der Waals surface area contributed by atoms with Crippen molar-refractivity contribution in [3.8, 4) is 5.75 Å². The number of para-hydroxylation sites is 1. The first-order valence-corrected chi connectivity index (χ1v) is 7.21. The molecule has 2 heteroatoms. The largest absolute Gasteiger partial charge is 0.486 e. The Balaban J connectivity index is 1.81. The first-order valence-electron chi connectivity index (χ1n) is 7.21. The van der Waals surface area contributed by atoms with Gasteiger partial charge in [-0.1, -0.05) is 37.5 Å². The van der Waals surface area contributed by atoms with Crippen LogP contribution in [0, 0.1) is 0 Å². The van der Waals surface area contributed by atoms with Gasteiger partial charge in [-0.05, 0) is 32.8 Å². The SMILES string of the molecule is CC1(C)Oc2ccccc2C1NC1CCCCC1. The van der Waals surface area contributed by atoms with Crippen molar-refractivity contribution in [2.75, 3.05) is 0 Å². The van der Waals surface area contributed by atoms with E-state index in [9.17, 15) is 0 Å². The number of hydrogen-bond acceptors (Lipinski definition) is 2. The molecule has 1 heterocycles. The summed E-state index contributed by atoms with van der Waals surface area (Å²) in [6.45, 7) is 4.38. The summed E-state index contributed by atoms with van der Waals surface area (Å²) in [6, 6.07) is 9.44. The molecule has 0 aromatic heterocycles. The van der Waals surface area contributed by atoms with Crippen molar-refractivity contribution in [2.45, 2.75) is 63.6 Å². The molecule has 0 spiro atoms. The van der Waals surface area contributed by atoms with Crippen LogP contribution in [0.2, 0.25) is 0 Å². The number of hydrogen-bond donors (Lipinski definition) is 1. The van der Waals surface area contributed by atoms with Gasteiger partial charge in [0.1, 0.15) is 11.4 Å². The summed E-state index contributed by atoms with van der Waals surface area (Å²) in [6.07, 6.45) is 6.77. The van der Waals surface area contributed by atoms with Crippen molar-refractivity contribution in [3.63, 3.8) is 0 Å². The van der Waals surface area contributed by atoms with Gasteiger partial charge in [0.2, 0.25) is 0 Å². The van der Waals surface area contributed by atoms with Crippen molar-refractivity contribution in [1.82, 2.24) is 5.32 Å². The molecule has 0 radical (unpaired) electrons. The Labute approximate surface area is 110 Å². The third-order valence-corrected chi connectivity index (χ3v) is 4.31. The first-order chi connectivity index (χ1) is 8.67. The Morgan fingerprint density at radius 2 is 1.83 bits per heavy atom. The van der Waals surface area contributed by atoms with E-state index in [4.69, 9.17) is 4.74 Å². The van der Waals surface area contributed by atoms with Crippen LogP contribution < -0.4 is 10.1 Å². The monoisotopic (exact) mass is 245 g/mol. The summed E-state index contributed by atoms with van der Waals surface area (Å²) < 4.78 is 6.09. The van der Waals surface area contributed by atoms with E-state index >= 15 is 0 Å². The average molecular weight is 245 g/mol. The van der Waals surface area contributed by atoms with E-state index in [-0.39, 0.29) is 5.60 Å². The molecule has 1 atom stereocenters. The standard InChI is InChI=1S/C16H23NO/c1-16(2)15(17-12-8-4-3-5-9-12)13-10-6-7-11-14(13)18-16/h6-7,10-12,15,17H,3-5,8-9H2,1-2H3. The van der Waals surface area contributed by atoms with E-state index in [1.807, 2.05) is 0 Å². The molecular weight excluding hydrogens is 222 g/mol. The summed E-state index contributed by atoms with van der Waals surface area (Å²) in [5.41, 5.74) is 1.19. The van der Waals surface area contributed by atoms with Crippen LogP contribution >= 0.6 is 0 Å². The van der Waals surface area contributed by atoms with Gasteiger partial charge in [0, 0.05) is 11.6 Å². The van der Waals surface area contributed by atoms with Gasteiger partial charge in [-0.3, -0.25) is 0 Å². The van der Waals surface area contributed by atoms with Gasteiger partial charge in [0.05, 0.1) is 6.04 Å². The summed E-state index contributed by atoms with van der Waals surface area (Å²) in [5, 5.41) is 3.84. The fourth-order valence-electron chi connectivity index (χ4n) is 3.32. The smallest absolute Gasteiger partial charge is 0.125 e. The molecule has 3 rings (SSSR count). The minimum absolute atomic E-state index is 0.138. The molecule has 0 bridgehead atoms. The molecule has 1 fully saturated rings. The maximum Gasteiger partial charge on any atom is 0.125 e. The molecule has 1 N–H and O–H groups in total. The Bertz CT molecular complexity index is 421. The van der Waals surface area contributed by atoms with Crippen LogP contribution in [-0.2, 0) is 0 Å². The first kappa shape index (κ1) is 12.0. The van der Waals surface area contributed by atoms with Gasteiger partial charge in [0.15, 0.2) is 0 Å². The summed E-state index contributed by atoms with van der Waals surface area (Å²) in [7, 11) is 0. The highest BCUT2D eigenvalue weighted by Crippen LogP contribution is 2.43. The predicted octanol–water partition coefficient (Wildman–Crippen LogP) is 3.82. The van der Waals surface area contributed by atoms with Crippen LogP contribution in [0.25, 0.3) is 0 Å². The number of rotatable bonds is 2. The van der Waals surface area contributed by atoms with E-state index in [1.165, 1.54) is 37.7 Å². The highest BCUT2D eigenvalue weighted by atomic mass is 16.5. The molecule has 98 valence electrons. The fraction of sp³-hybridized carbons (Fsp3) is 0.625. The Kier molecular flexibility index (Phi) is 3.06. The molecule has 1 saturated carbocycles. The molecule has 0 saturated heterocycles. The second-order valence-corrected chi connectivity index (χ2v) is 6.18. The number of ether oxygens (including phenoxy) is 1. The lowest BCUT2D eigenvalue weighted by molar-refractivity contribution is 0.0878. The zero-order valence-corrected chi connectivity index (χ0v) is 11.4. The Morgan fingerprint density at radius 1 is 1.11 bits per heavy atom. The topological polar surface area (TPSA) is 21.3 Å². The van der Waals surface area contributed by atoms with Crippen molar-refractivity contribution in [1.29, 1.82) is 0 Å². The predicted molar refractivity (Wildman–Crippen MR) is 73.9 cm³/mol. The minimum atomic E-state index is -0.138. The lowest BCUT2D eigenvalue weighted by Crippen LogP contribution is -2.44. The van der Waals surface area contributed by atoms with Crippen molar-refractivity contribution < 1.29 is 4.74 Å². The highest BCUT2D eigenvalue weighted by Gasteiger charge is 2.41. The maximum absolute atomic E-state index is 6.09. The van der Waals surface area contributed by atoms with E-state index < -0.39 is 0 Å². The molecule has 1 unspecified atom stereocenters. The van der Waals surface area contributed by atoms with Gasteiger partial charge in [-0.25, -0.2) is 0 Å². The number of fused-ring (bicyclic) bond motifs is 1. The van der Waals surface area contributed by atoms with Crippen molar-refractivity contribution in [2.24, 2.45) is 0 Å².